The van der Waals surface area contributed by atoms with Gasteiger partial charge in [0.05, 0.1) is 29.8 Å². The highest BCUT2D eigenvalue weighted by atomic mass is 16.6. The van der Waals surface area contributed by atoms with Gasteiger partial charge in [-0.2, -0.15) is 5.26 Å². The number of non-ortho nitro benzene ring substituents is 1. The number of carbonyl (C=O) groups is 1. The Morgan fingerprint density at radius 3 is 2.44 bits per heavy atom. The van der Waals surface area contributed by atoms with Gasteiger partial charge in [-0.05, 0) is 18.2 Å². The highest BCUT2D eigenvalue weighted by molar-refractivity contribution is 6.12. The van der Waals surface area contributed by atoms with E-state index in [9.17, 15) is 30.3 Å². The zero-order valence-corrected chi connectivity index (χ0v) is 18.7. The lowest BCUT2D eigenvalue weighted by atomic mass is 9.72. The first kappa shape index (κ1) is 23.6. The number of anilines is 2. The number of nitro groups is 2. The number of fused-ring (bicyclic) bond motifs is 2. The number of ether oxygens (including phenoxy) is 2. The number of hydrazine groups is 1. The van der Waals surface area contributed by atoms with E-state index < -0.39 is 43.9 Å². The summed E-state index contributed by atoms with van der Waals surface area (Å²) in [6.45, 7) is 0. The monoisotopic (exact) mass is 494 g/mol. The van der Waals surface area contributed by atoms with Gasteiger partial charge in [0.2, 0.25) is 5.41 Å². The first-order valence-electron chi connectivity index (χ1n) is 10.1. The predicted octanol–water partition coefficient (Wildman–Crippen LogP) is 1.16. The second-order valence-corrected chi connectivity index (χ2v) is 7.51. The van der Waals surface area contributed by atoms with Crippen LogP contribution in [0.1, 0.15) is 5.56 Å². The molecule has 6 N–H and O–H groups in total. The lowest BCUT2D eigenvalue weighted by Gasteiger charge is -2.24. The second-order valence-electron chi connectivity index (χ2n) is 7.51. The fourth-order valence-electron chi connectivity index (χ4n) is 4.16. The topological polar surface area (TPSA) is 220 Å². The minimum Gasteiger partial charge on any atom is -0.497 e. The van der Waals surface area contributed by atoms with Crippen LogP contribution in [0.4, 0.5) is 17.1 Å². The Labute approximate surface area is 202 Å². The molecule has 184 valence electrons. The molecule has 0 fully saturated rings. The number of rotatable bonds is 6. The van der Waals surface area contributed by atoms with E-state index in [0.29, 0.717) is 5.75 Å². The molecule has 2 aliphatic rings. The van der Waals surface area contributed by atoms with Gasteiger partial charge >= 0.3 is 5.70 Å². The fraction of sp³-hybridized carbons (Fsp3) is 0.143. The first-order chi connectivity index (χ1) is 17.2. The van der Waals surface area contributed by atoms with E-state index in [2.05, 4.69) is 21.5 Å². The summed E-state index contributed by atoms with van der Waals surface area (Å²) in [5, 5.41) is 39.3. The Hall–Kier alpha value is -5.52. The van der Waals surface area contributed by atoms with Crippen molar-refractivity contribution >= 4 is 23.0 Å². The molecule has 0 radical (unpaired) electrons. The molecule has 0 saturated heterocycles. The summed E-state index contributed by atoms with van der Waals surface area (Å²) >= 11 is 0. The van der Waals surface area contributed by atoms with Gasteiger partial charge in [-0.25, -0.2) is 0 Å². The van der Waals surface area contributed by atoms with Gasteiger partial charge in [0.15, 0.2) is 5.82 Å². The van der Waals surface area contributed by atoms with Gasteiger partial charge in [-0.1, -0.05) is 0 Å². The molecule has 2 aromatic carbocycles. The van der Waals surface area contributed by atoms with E-state index in [1.165, 1.54) is 26.4 Å². The number of benzene rings is 2. The highest BCUT2D eigenvalue weighted by Crippen LogP contribution is 2.50. The maximum Gasteiger partial charge on any atom is 0.313 e. The molecule has 0 aliphatic carbocycles. The van der Waals surface area contributed by atoms with Gasteiger partial charge in [0.1, 0.15) is 29.0 Å². The molecule has 15 heteroatoms. The van der Waals surface area contributed by atoms with E-state index >= 15 is 0 Å². The van der Waals surface area contributed by atoms with Crippen LogP contribution in [0.25, 0.3) is 0 Å². The van der Waals surface area contributed by atoms with Crippen LogP contribution in [0.5, 0.6) is 11.5 Å². The molecule has 2 aliphatic heterocycles. The van der Waals surface area contributed by atoms with E-state index in [4.69, 9.17) is 15.2 Å². The summed E-state index contributed by atoms with van der Waals surface area (Å²) in [4.78, 5) is 36.0. The number of nitriles is 1. The van der Waals surface area contributed by atoms with Crippen LogP contribution >= 0.6 is 0 Å². The van der Waals surface area contributed by atoms with Crippen molar-refractivity contribution in [3.8, 4) is 17.6 Å². The van der Waals surface area contributed by atoms with Gasteiger partial charge in [0, 0.05) is 29.4 Å². The average molecular weight is 494 g/mol. The smallest absolute Gasteiger partial charge is 0.313 e. The van der Waals surface area contributed by atoms with E-state index in [1.54, 1.807) is 18.2 Å². The molecule has 0 saturated carbocycles. The normalized spacial score (nSPS) is 18.3. The van der Waals surface area contributed by atoms with Gasteiger partial charge < -0.3 is 25.8 Å². The first-order valence-corrected chi connectivity index (χ1v) is 10.1. The number of nitrogens with zero attached hydrogens (tertiary/aromatic N) is 3. The third-order valence-electron chi connectivity index (χ3n) is 5.73. The molecule has 4 rings (SSSR count). The lowest BCUT2D eigenvalue weighted by Crippen LogP contribution is -2.43. The van der Waals surface area contributed by atoms with Crippen LogP contribution in [-0.2, 0) is 10.2 Å². The molecule has 36 heavy (non-hydrogen) atoms. The van der Waals surface area contributed by atoms with Crippen LogP contribution in [0, 0.1) is 31.6 Å². The summed E-state index contributed by atoms with van der Waals surface area (Å²) in [5.41, 5.74) is 6.84. The fourth-order valence-corrected chi connectivity index (χ4v) is 4.16. The average Bonchev–Trinajstić information content (AvgIpc) is 3.06. The number of nitrogens with one attached hydrogen (secondary N) is 4. The Morgan fingerprint density at radius 1 is 1.08 bits per heavy atom. The molecule has 0 aromatic heterocycles. The van der Waals surface area contributed by atoms with Crippen LogP contribution in [0.15, 0.2) is 59.3 Å². The number of amides is 1. The van der Waals surface area contributed by atoms with Gasteiger partial charge in [-0.15, -0.1) is 0 Å². The molecule has 1 atom stereocenters. The van der Waals surface area contributed by atoms with Crippen molar-refractivity contribution in [1.29, 1.82) is 5.26 Å². The summed E-state index contributed by atoms with van der Waals surface area (Å²) in [6.07, 6.45) is 0. The maximum atomic E-state index is 13.5. The Kier molecular flexibility index (Phi) is 5.70. The highest BCUT2D eigenvalue weighted by Gasteiger charge is 2.63. The van der Waals surface area contributed by atoms with Crippen LogP contribution in [0.2, 0.25) is 0 Å². The SMILES string of the molecule is COc1ccc(OC)c(NC2=C([N+](=O)[O-])C3(C(=O)Nc4ccc([N+](=O)[O-])cc43)C(C#N)=C(N)NN2)c1. The van der Waals surface area contributed by atoms with Crippen LogP contribution in [0.3, 0.4) is 0 Å². The standard InChI is InChI=1S/C21H18N8O7/c1-35-11-4-6-16(36-2)15(8-11)24-19-17(29(33)34)21(13(9-22)18(23)26-27-19)12-7-10(28(31)32)3-5-14(12)25-20(21)30/h3-8,24,26-27H,23H2,1-2H3,(H,25,30). The quantitative estimate of drug-likeness (QED) is 0.282. The van der Waals surface area contributed by atoms with Crippen molar-refractivity contribution in [2.45, 2.75) is 5.41 Å². The Bertz CT molecular complexity index is 1430. The Balaban J connectivity index is 2.07. The van der Waals surface area contributed by atoms with Crippen LogP contribution < -0.4 is 36.7 Å². The molecule has 2 heterocycles. The van der Waals surface area contributed by atoms with Gasteiger partial charge in [0.25, 0.3) is 11.6 Å². The molecule has 1 unspecified atom stereocenters. The molecule has 0 bridgehead atoms. The second kappa shape index (κ2) is 8.68. The maximum absolute atomic E-state index is 13.5. The molecular weight excluding hydrogens is 476 g/mol. The van der Waals surface area contributed by atoms with Crippen molar-refractivity contribution in [3.63, 3.8) is 0 Å². The number of nitrogens with two attached hydrogens (primary N) is 1. The zero-order chi connectivity index (χ0) is 26.2. The molecule has 15 nitrogen and oxygen atoms in total. The van der Waals surface area contributed by atoms with Crippen molar-refractivity contribution in [1.82, 2.24) is 10.9 Å². The third kappa shape index (κ3) is 3.40. The molecule has 1 spiro atoms. The molecule has 1 amide bonds. The minimum atomic E-state index is -2.45. The lowest BCUT2D eigenvalue weighted by molar-refractivity contribution is -0.433. The number of nitro benzene ring substituents is 1. The predicted molar refractivity (Wildman–Crippen MR) is 124 cm³/mol. The van der Waals surface area contributed by atoms with E-state index in [1.807, 2.05) is 0 Å². The van der Waals surface area contributed by atoms with E-state index in [0.717, 1.165) is 12.1 Å². The summed E-state index contributed by atoms with van der Waals surface area (Å²) in [7, 11) is 2.80. The minimum absolute atomic E-state index is 0.0470. The van der Waals surface area contributed by atoms with Gasteiger partial charge in [-0.3, -0.25) is 35.9 Å². The number of methoxy groups -OCH3 is 2. The summed E-state index contributed by atoms with van der Waals surface area (Å²) in [5.74, 6) is -1.13. The summed E-state index contributed by atoms with van der Waals surface area (Å²) < 4.78 is 10.5. The van der Waals surface area contributed by atoms with E-state index in [-0.39, 0.29) is 28.5 Å². The Morgan fingerprint density at radius 2 is 1.83 bits per heavy atom. The molecular formula is C21H18N8O7. The van der Waals surface area contributed by atoms with Crippen molar-refractivity contribution in [2.24, 2.45) is 5.73 Å². The molecule has 2 aromatic rings. The number of hydrogen-bond donors (Lipinski definition) is 5. The van der Waals surface area contributed by atoms with Crippen molar-refractivity contribution < 1.29 is 24.1 Å². The number of carbonyl (C=O) groups excluding carboxylic acids is 1. The number of hydrogen-bond acceptors (Lipinski definition) is 12. The summed E-state index contributed by atoms with van der Waals surface area (Å²) in [6, 6.07) is 9.74. The zero-order valence-electron chi connectivity index (χ0n) is 18.7. The van der Waals surface area contributed by atoms with Crippen molar-refractivity contribution in [3.05, 3.63) is 85.1 Å². The third-order valence-corrected chi connectivity index (χ3v) is 5.73. The van der Waals surface area contributed by atoms with Crippen LogP contribution in [-0.4, -0.2) is 30.0 Å². The largest absolute Gasteiger partial charge is 0.497 e. The van der Waals surface area contributed by atoms with Crippen molar-refractivity contribution in [2.75, 3.05) is 24.9 Å².